The number of fused-ring (bicyclic) bond motifs is 5. The number of carbonyl (C=O) groups excluding carboxylic acids is 1. The minimum Gasteiger partial charge on any atom is -0.507 e. The first-order valence-corrected chi connectivity index (χ1v) is 15.5. The molecule has 1 aromatic carbocycles. The second-order valence-corrected chi connectivity index (χ2v) is 12.9. The molecule has 10 nitrogen and oxygen atoms in total. The van der Waals surface area contributed by atoms with Crippen molar-refractivity contribution in [1.29, 1.82) is 0 Å². The molecule has 0 unspecified atom stereocenters. The Kier molecular flexibility index (Phi) is 8.05. The highest BCUT2D eigenvalue weighted by Gasteiger charge is 2.44. The molecule has 0 bridgehead atoms. The van der Waals surface area contributed by atoms with Crippen LogP contribution in [-0.4, -0.2) is 82.8 Å². The molecular weight excluding hydrogens is 597 g/mol. The van der Waals surface area contributed by atoms with Gasteiger partial charge in [0.15, 0.2) is 5.65 Å². The fourth-order valence-corrected chi connectivity index (χ4v) is 6.64. The predicted octanol–water partition coefficient (Wildman–Crippen LogP) is 4.45. The molecule has 3 aromatic heterocycles. The Morgan fingerprint density at radius 3 is 2.62 bits per heavy atom. The number of aromatic hydroxyl groups is 1. The molecule has 2 N–H and O–H groups in total. The van der Waals surface area contributed by atoms with E-state index in [-0.39, 0.29) is 51.2 Å². The molecule has 4 aromatic rings. The fourth-order valence-electron chi connectivity index (χ4n) is 6.39. The number of aromatic nitrogens is 3. The molecule has 0 saturated carbocycles. The van der Waals surface area contributed by atoms with E-state index >= 15 is 9.18 Å². The number of piperazine rings is 1. The Bertz CT molecular complexity index is 1870. The number of phenolic OH excluding ortho intramolecular Hbond substituents is 1. The third kappa shape index (κ3) is 5.12. The highest BCUT2D eigenvalue weighted by atomic mass is 35.5. The third-order valence-electron chi connectivity index (χ3n) is 8.59. The summed E-state index contributed by atoms with van der Waals surface area (Å²) in [7, 11) is 3.84. The van der Waals surface area contributed by atoms with E-state index in [1.54, 1.807) is 17.2 Å². The van der Waals surface area contributed by atoms with Gasteiger partial charge in [-0.2, -0.15) is 0 Å². The van der Waals surface area contributed by atoms with Gasteiger partial charge in [-0.05, 0) is 63.7 Å². The first kappa shape index (κ1) is 30.9. The number of pyridine rings is 3. The van der Waals surface area contributed by atoms with Gasteiger partial charge in [0, 0.05) is 43.8 Å². The lowest BCUT2D eigenvalue weighted by atomic mass is 9.98. The Labute approximate surface area is 266 Å². The van der Waals surface area contributed by atoms with Crippen molar-refractivity contribution in [3.8, 4) is 22.7 Å². The van der Waals surface area contributed by atoms with Crippen molar-refractivity contribution >= 4 is 39.9 Å². The van der Waals surface area contributed by atoms with Crippen LogP contribution < -0.4 is 20.7 Å². The number of aryl methyl sites for hydroxylation is 1. The van der Waals surface area contributed by atoms with Crippen LogP contribution in [0.3, 0.4) is 0 Å². The maximum absolute atomic E-state index is 15.2. The normalized spacial score (nSPS) is 18.2. The summed E-state index contributed by atoms with van der Waals surface area (Å²) in [6.45, 7) is 9.61. The number of likely N-dealkylation sites (N-methyl/N-ethyl adjacent to an activating group) is 1. The molecule has 1 fully saturated rings. The fraction of sp³-hybridized carbons (Fsp3) is 0.394. The number of halogens is 2. The molecule has 5 heterocycles. The van der Waals surface area contributed by atoms with Crippen LogP contribution in [0.5, 0.6) is 5.75 Å². The number of phenols is 1. The zero-order valence-corrected chi connectivity index (χ0v) is 27.0. The summed E-state index contributed by atoms with van der Waals surface area (Å²) in [5.41, 5.74) is 2.43. The number of hydrogen-bond acceptors (Lipinski definition) is 8. The molecule has 236 valence electrons. The van der Waals surface area contributed by atoms with Gasteiger partial charge in [0.05, 0.1) is 33.3 Å². The summed E-state index contributed by atoms with van der Waals surface area (Å²) < 4.78 is 16.7. The van der Waals surface area contributed by atoms with Crippen LogP contribution >= 0.6 is 11.6 Å². The van der Waals surface area contributed by atoms with Gasteiger partial charge in [0.25, 0.3) is 11.5 Å². The maximum Gasteiger partial charge on any atom is 0.283 e. The molecule has 2 atom stereocenters. The molecule has 0 radical (unpaired) electrons. The highest BCUT2D eigenvalue weighted by Crippen LogP contribution is 2.44. The van der Waals surface area contributed by atoms with Crippen molar-refractivity contribution < 1.29 is 14.3 Å². The molecule has 1 amide bonds. The minimum atomic E-state index is -0.701. The van der Waals surface area contributed by atoms with E-state index in [1.807, 2.05) is 57.7 Å². The Morgan fingerprint density at radius 1 is 1.18 bits per heavy atom. The van der Waals surface area contributed by atoms with E-state index in [0.29, 0.717) is 48.6 Å². The topological polar surface area (TPSA) is 107 Å². The second-order valence-electron chi connectivity index (χ2n) is 12.4. The molecule has 0 spiro atoms. The van der Waals surface area contributed by atoms with Crippen molar-refractivity contribution in [3.05, 3.63) is 69.0 Å². The van der Waals surface area contributed by atoms with Crippen LogP contribution in [0.4, 0.5) is 15.8 Å². The SMILES string of the molecule is Cc1ccnc(C(C)C)c1-n1c(=O)c2c(c3cc(Cl)c(-c4c(O)cccc4F)nc31)N1C[C@@H](C)NC[C@@H]1C(=O)N2CCN(C)C. The first-order chi connectivity index (χ1) is 21.4. The summed E-state index contributed by atoms with van der Waals surface area (Å²) in [6, 6.07) is 6.97. The molecule has 45 heavy (non-hydrogen) atoms. The van der Waals surface area contributed by atoms with E-state index in [1.165, 1.54) is 22.8 Å². The standard InChI is InChI=1S/C33H37ClFN7O3/c1-17(2)26-28(18(3)10-11-36-26)42-31-20(14-21(34)27(38-31)25-22(35)8-7-9-24(25)43)29-30(33(42)45)40(13-12-39(5)6)32(44)23-15-37-19(4)16-41(23)29/h7-11,14,17,19,23,37,43H,12-13,15-16H2,1-6H3/t19-,23-/m1/s1. The van der Waals surface area contributed by atoms with Gasteiger partial charge in [-0.1, -0.05) is 31.5 Å². The Hall–Kier alpha value is -4.06. The van der Waals surface area contributed by atoms with Crippen molar-refractivity contribution in [3.63, 3.8) is 0 Å². The van der Waals surface area contributed by atoms with Crippen LogP contribution in [0.15, 0.2) is 41.3 Å². The Morgan fingerprint density at radius 2 is 1.93 bits per heavy atom. The third-order valence-corrected chi connectivity index (χ3v) is 8.88. The largest absolute Gasteiger partial charge is 0.507 e. The van der Waals surface area contributed by atoms with Gasteiger partial charge in [0.1, 0.15) is 23.3 Å². The van der Waals surface area contributed by atoms with Crippen LogP contribution in [0, 0.1) is 12.7 Å². The molecule has 1 saturated heterocycles. The smallest absolute Gasteiger partial charge is 0.283 e. The van der Waals surface area contributed by atoms with Crippen LogP contribution in [-0.2, 0) is 4.79 Å². The number of amides is 1. The number of hydrogen-bond donors (Lipinski definition) is 2. The van der Waals surface area contributed by atoms with Crippen molar-refractivity contribution in [1.82, 2.24) is 24.8 Å². The van der Waals surface area contributed by atoms with Gasteiger partial charge in [-0.15, -0.1) is 0 Å². The van der Waals surface area contributed by atoms with Gasteiger partial charge in [-0.3, -0.25) is 19.1 Å². The molecule has 2 aliphatic rings. The number of anilines is 2. The van der Waals surface area contributed by atoms with E-state index < -0.39 is 17.4 Å². The molecular formula is C33H37ClFN7O3. The van der Waals surface area contributed by atoms with E-state index in [0.717, 1.165) is 5.56 Å². The van der Waals surface area contributed by atoms with E-state index in [9.17, 15) is 9.90 Å². The van der Waals surface area contributed by atoms with Crippen molar-refractivity contribution in [2.45, 2.75) is 45.7 Å². The van der Waals surface area contributed by atoms with Crippen LogP contribution in [0.1, 0.15) is 37.9 Å². The van der Waals surface area contributed by atoms with E-state index in [2.05, 4.69) is 10.3 Å². The molecule has 2 aliphatic heterocycles. The first-order valence-electron chi connectivity index (χ1n) is 15.1. The maximum atomic E-state index is 15.2. The van der Waals surface area contributed by atoms with Crippen LogP contribution in [0.2, 0.25) is 5.02 Å². The average molecular weight is 634 g/mol. The minimum absolute atomic E-state index is 0.00193. The Balaban J connectivity index is 1.80. The predicted molar refractivity (Wildman–Crippen MR) is 176 cm³/mol. The summed E-state index contributed by atoms with van der Waals surface area (Å²) in [5.74, 6) is -1.25. The molecule has 0 aliphatic carbocycles. The lowest BCUT2D eigenvalue weighted by molar-refractivity contribution is -0.120. The zero-order valence-electron chi connectivity index (χ0n) is 26.2. The highest BCUT2D eigenvalue weighted by molar-refractivity contribution is 6.34. The summed E-state index contributed by atoms with van der Waals surface area (Å²) in [4.78, 5) is 44.3. The summed E-state index contributed by atoms with van der Waals surface area (Å²) in [6.07, 6.45) is 1.70. The number of nitrogens with one attached hydrogen (secondary N) is 1. The van der Waals surface area contributed by atoms with Crippen molar-refractivity contribution in [2.75, 3.05) is 50.1 Å². The lowest BCUT2D eigenvalue weighted by Crippen LogP contribution is -2.65. The van der Waals surface area contributed by atoms with Crippen molar-refractivity contribution in [2.24, 2.45) is 0 Å². The quantitative estimate of drug-likeness (QED) is 0.321. The number of carbonyl (C=O) groups is 1. The number of rotatable bonds is 6. The monoisotopic (exact) mass is 633 g/mol. The van der Waals surface area contributed by atoms with Gasteiger partial charge >= 0.3 is 0 Å². The molecule has 6 rings (SSSR count). The summed E-state index contributed by atoms with van der Waals surface area (Å²) >= 11 is 6.89. The second kappa shape index (κ2) is 11.7. The number of nitrogens with zero attached hydrogens (tertiary/aromatic N) is 6. The van der Waals surface area contributed by atoms with Gasteiger partial charge in [-0.25, -0.2) is 9.37 Å². The average Bonchev–Trinajstić information content (AvgIpc) is 2.97. The summed E-state index contributed by atoms with van der Waals surface area (Å²) in [5, 5.41) is 14.7. The zero-order chi connectivity index (χ0) is 32.3. The lowest BCUT2D eigenvalue weighted by Gasteiger charge is -2.47. The number of benzene rings is 1. The van der Waals surface area contributed by atoms with E-state index in [4.69, 9.17) is 16.6 Å². The van der Waals surface area contributed by atoms with Crippen LogP contribution in [0.25, 0.3) is 28.0 Å². The van der Waals surface area contributed by atoms with Gasteiger partial charge < -0.3 is 25.1 Å². The van der Waals surface area contributed by atoms with Gasteiger partial charge in [0.2, 0.25) is 0 Å². The molecule has 12 heteroatoms.